The Morgan fingerprint density at radius 2 is 1.74 bits per heavy atom. The van der Waals surface area contributed by atoms with E-state index in [1.54, 1.807) is 0 Å². The Kier molecular flexibility index (Phi) is 9.22. The van der Waals surface area contributed by atoms with Crippen LogP contribution in [0.15, 0.2) is 33.9 Å². The molecule has 0 radical (unpaired) electrons. The third kappa shape index (κ3) is 5.94. The van der Waals surface area contributed by atoms with Gasteiger partial charge < -0.3 is 25.8 Å². The Morgan fingerprint density at radius 1 is 1.08 bits per heavy atom. The Morgan fingerprint density at radius 3 is 2.33 bits per heavy atom. The van der Waals surface area contributed by atoms with Gasteiger partial charge in [-0.05, 0) is 30.5 Å². The number of aliphatic hydroxyl groups excluding tert-OH is 3. The molecule has 2 aromatic rings. The number of thioether (sulfide) groups is 1. The highest BCUT2D eigenvalue weighted by molar-refractivity contribution is 7.99. The number of aromatic nitrogens is 2. The number of nitroso groups, excluding NO2 is 2. The van der Waals surface area contributed by atoms with E-state index in [2.05, 4.69) is 20.5 Å². The van der Waals surface area contributed by atoms with Crippen LogP contribution >= 0.6 is 11.8 Å². The first-order chi connectivity index (χ1) is 18.7. The highest BCUT2D eigenvalue weighted by atomic mass is 32.2. The van der Waals surface area contributed by atoms with Crippen LogP contribution in [0.4, 0.5) is 26.1 Å². The zero-order valence-corrected chi connectivity index (χ0v) is 21.7. The first-order valence-corrected chi connectivity index (χ1v) is 13.3. The van der Waals surface area contributed by atoms with Gasteiger partial charge in [0.15, 0.2) is 28.4 Å². The number of ether oxygens (including phenoxy) is 1. The van der Waals surface area contributed by atoms with E-state index >= 15 is 0 Å². The Labute approximate surface area is 226 Å². The van der Waals surface area contributed by atoms with Crippen molar-refractivity contribution in [2.24, 2.45) is 10.6 Å². The van der Waals surface area contributed by atoms with E-state index in [0.717, 1.165) is 28.6 Å². The number of anilines is 3. The van der Waals surface area contributed by atoms with Gasteiger partial charge in [0.1, 0.15) is 17.9 Å². The number of rotatable bonds is 13. The minimum Gasteiger partial charge on any atom is -0.394 e. The molecule has 0 spiro atoms. The van der Waals surface area contributed by atoms with Crippen LogP contribution in [0.5, 0.6) is 0 Å². The number of nitrogen functional groups attached to an aromatic ring is 1. The molecule has 13 nitrogen and oxygen atoms in total. The number of hydrogen-bond acceptors (Lipinski definition) is 12. The summed E-state index contributed by atoms with van der Waals surface area (Å²) in [6, 6.07) is 1.81. The third-order valence-corrected chi connectivity index (χ3v) is 7.76. The van der Waals surface area contributed by atoms with Crippen LogP contribution in [0.2, 0.25) is 0 Å². The summed E-state index contributed by atoms with van der Waals surface area (Å²) in [5.74, 6) is -2.09. The summed E-state index contributed by atoms with van der Waals surface area (Å²) in [4.78, 5) is 32.8. The highest BCUT2D eigenvalue weighted by Crippen LogP contribution is 2.48. The van der Waals surface area contributed by atoms with Crippen molar-refractivity contribution in [3.8, 4) is 0 Å². The number of halogens is 2. The Hall–Kier alpha value is -3.05. The normalized spacial score (nSPS) is 25.9. The van der Waals surface area contributed by atoms with Gasteiger partial charge in [-0.3, -0.25) is 0 Å². The topological polar surface area (TPSA) is 187 Å². The van der Waals surface area contributed by atoms with Crippen molar-refractivity contribution in [3.05, 3.63) is 45.2 Å². The van der Waals surface area contributed by atoms with Gasteiger partial charge in [0, 0.05) is 18.1 Å². The zero-order chi connectivity index (χ0) is 28.3. The molecule has 0 aliphatic heterocycles. The number of aliphatic hydroxyl groups is 3. The summed E-state index contributed by atoms with van der Waals surface area (Å²) in [6.07, 6.45) is -2.65. The van der Waals surface area contributed by atoms with Crippen molar-refractivity contribution in [1.29, 1.82) is 0 Å². The van der Waals surface area contributed by atoms with Gasteiger partial charge in [-0.15, -0.1) is 9.81 Å². The van der Waals surface area contributed by atoms with Crippen molar-refractivity contribution in [2.45, 2.75) is 67.7 Å². The second kappa shape index (κ2) is 12.4. The molecule has 1 heterocycles. The summed E-state index contributed by atoms with van der Waals surface area (Å²) < 4.78 is 32.6. The number of nitrogens with zero attached hydrogens (tertiary/aromatic N) is 6. The molecule has 0 amide bonds. The predicted molar refractivity (Wildman–Crippen MR) is 139 cm³/mol. The summed E-state index contributed by atoms with van der Waals surface area (Å²) in [6.45, 7) is 1.54. The fourth-order valence-corrected chi connectivity index (χ4v) is 5.37. The average Bonchev–Trinajstić information content (AvgIpc) is 3.67. The number of benzene rings is 1. The number of nitrogens with two attached hydrogens (primary N) is 1. The molecule has 0 bridgehead atoms. The molecule has 2 aliphatic carbocycles. The fraction of sp³-hybridized carbons (Fsp3) is 0.565. The first-order valence-electron chi connectivity index (χ1n) is 12.3. The maximum atomic E-state index is 13.8. The van der Waals surface area contributed by atoms with Crippen LogP contribution < -0.4 is 15.8 Å². The molecule has 1 aromatic heterocycles. The molecule has 16 heteroatoms. The second-order valence-corrected chi connectivity index (χ2v) is 10.3. The monoisotopic (exact) mass is 569 g/mol. The first kappa shape index (κ1) is 28.9. The average molecular weight is 570 g/mol. The van der Waals surface area contributed by atoms with Crippen molar-refractivity contribution in [3.63, 3.8) is 0 Å². The summed E-state index contributed by atoms with van der Waals surface area (Å²) in [5, 5.41) is 38.2. The third-order valence-electron chi connectivity index (χ3n) is 6.71. The van der Waals surface area contributed by atoms with Gasteiger partial charge in [-0.25, -0.2) is 28.8 Å². The molecule has 2 fully saturated rings. The lowest BCUT2D eigenvalue weighted by Gasteiger charge is -2.27. The van der Waals surface area contributed by atoms with Crippen molar-refractivity contribution in [1.82, 2.24) is 9.97 Å². The predicted octanol–water partition coefficient (Wildman–Crippen LogP) is 2.24. The van der Waals surface area contributed by atoms with Crippen LogP contribution in [0, 0.1) is 21.4 Å². The minimum atomic E-state index is -1.47. The van der Waals surface area contributed by atoms with E-state index in [-0.39, 0.29) is 48.0 Å². The van der Waals surface area contributed by atoms with Crippen LogP contribution in [0.3, 0.4) is 0 Å². The maximum Gasteiger partial charge on any atom is 0.191 e. The van der Waals surface area contributed by atoms with Gasteiger partial charge in [-0.1, -0.05) is 24.8 Å². The van der Waals surface area contributed by atoms with E-state index in [9.17, 15) is 28.8 Å². The molecule has 0 saturated heterocycles. The maximum absolute atomic E-state index is 13.8. The van der Waals surface area contributed by atoms with Gasteiger partial charge in [0.25, 0.3) is 0 Å². The molecule has 0 unspecified atom stereocenters. The van der Waals surface area contributed by atoms with E-state index in [1.165, 1.54) is 17.8 Å². The molecule has 2 saturated carbocycles. The second-order valence-electron chi connectivity index (χ2n) is 9.27. The van der Waals surface area contributed by atoms with E-state index in [0.29, 0.717) is 17.7 Å². The molecule has 1 aromatic carbocycles. The molecule has 212 valence electrons. The smallest absolute Gasteiger partial charge is 0.191 e. The SMILES string of the molecule is CCCSc1nc(N(N=O)[C@@H]2C[C@H](OCCO)[C@@H](O)[C@H]2O)c(N)c(N(N=O)[C@@H]2C[C@H]2c2ccc(F)c(F)c2)n1. The van der Waals surface area contributed by atoms with Crippen LogP contribution in [-0.4, -0.2) is 74.6 Å². The molecular formula is C23H29F2N7O6S. The van der Waals surface area contributed by atoms with Crippen molar-refractivity contribution < 1.29 is 28.8 Å². The van der Waals surface area contributed by atoms with Crippen molar-refractivity contribution >= 4 is 29.1 Å². The molecule has 5 N–H and O–H groups in total. The summed E-state index contributed by atoms with van der Waals surface area (Å²) >= 11 is 1.23. The standard InChI is InChI=1S/C23H29F2N7O6S/c1-2-7-39-23-27-21(31(29-36)15-9-12(15)11-3-4-13(24)14(25)8-11)18(26)22(28-23)32(30-37)16-10-17(38-6-5-33)20(35)19(16)34/h3-4,8,12,15-17,19-20,33-35H,2,5-7,9-10,26H2,1H3/t12-,15+,16+,17-,19-,20+/m0/s1. The fourth-order valence-electron chi connectivity index (χ4n) is 4.68. The molecule has 2 aliphatic rings. The van der Waals surface area contributed by atoms with Crippen molar-refractivity contribution in [2.75, 3.05) is 34.7 Å². The minimum absolute atomic E-state index is 0.0409. The molecule has 6 atom stereocenters. The Bertz CT molecular complexity index is 1200. The van der Waals surface area contributed by atoms with Crippen LogP contribution in [0.1, 0.15) is 37.7 Å². The van der Waals surface area contributed by atoms with Gasteiger partial charge in [0.2, 0.25) is 0 Å². The quantitative estimate of drug-likeness (QED) is 0.119. The highest BCUT2D eigenvalue weighted by Gasteiger charge is 2.49. The van der Waals surface area contributed by atoms with Gasteiger partial charge >= 0.3 is 0 Å². The van der Waals surface area contributed by atoms with Crippen LogP contribution in [0.25, 0.3) is 0 Å². The van der Waals surface area contributed by atoms with Crippen LogP contribution in [-0.2, 0) is 4.74 Å². The zero-order valence-electron chi connectivity index (χ0n) is 20.9. The largest absolute Gasteiger partial charge is 0.394 e. The van der Waals surface area contributed by atoms with Gasteiger partial charge in [0.05, 0.1) is 42.0 Å². The molecule has 4 rings (SSSR count). The van der Waals surface area contributed by atoms with Gasteiger partial charge in [-0.2, -0.15) is 0 Å². The van der Waals surface area contributed by atoms with E-state index in [4.69, 9.17) is 15.6 Å². The Balaban J connectivity index is 1.68. The molecule has 39 heavy (non-hydrogen) atoms. The van der Waals surface area contributed by atoms with E-state index in [1.807, 2.05) is 6.92 Å². The lowest BCUT2D eigenvalue weighted by Crippen LogP contribution is -2.42. The summed E-state index contributed by atoms with van der Waals surface area (Å²) in [5.41, 5.74) is 6.59. The lowest BCUT2D eigenvalue weighted by molar-refractivity contribution is -0.0616. The molecular weight excluding hydrogens is 540 g/mol. The lowest BCUT2D eigenvalue weighted by atomic mass is 10.1. The number of hydrogen-bond donors (Lipinski definition) is 4. The summed E-state index contributed by atoms with van der Waals surface area (Å²) in [7, 11) is 0. The van der Waals surface area contributed by atoms with E-state index < -0.39 is 42.0 Å².